The van der Waals surface area contributed by atoms with Crippen molar-refractivity contribution >= 4 is 118 Å². The average molecular weight is 1280 g/mol. The molecule has 16 aromatic rings. The quantitative estimate of drug-likeness (QED) is 0.122. The van der Waals surface area contributed by atoms with Crippen LogP contribution in [0.3, 0.4) is 0 Å². The molecule has 0 atom stereocenters. The minimum absolute atomic E-state index is 0.0857. The van der Waals surface area contributed by atoms with E-state index in [1.165, 1.54) is 208 Å². The van der Waals surface area contributed by atoms with Gasteiger partial charge >= 0.3 is 0 Å². The second-order valence-electron chi connectivity index (χ2n) is 38.2. The zero-order valence-electron chi connectivity index (χ0n) is 63.2. The lowest BCUT2D eigenvalue weighted by molar-refractivity contribution is 0.568. The normalized spacial score (nSPS) is 13.9. The second-order valence-corrected chi connectivity index (χ2v) is 38.2. The first-order chi connectivity index (χ1) is 45.7. The Bertz CT molecular complexity index is 5510. The van der Waals surface area contributed by atoms with Gasteiger partial charge in [0, 0.05) is 0 Å². The van der Waals surface area contributed by atoms with Gasteiger partial charge in [-0.1, -0.05) is 324 Å². The third-order valence-corrected chi connectivity index (χ3v) is 22.9. The van der Waals surface area contributed by atoms with Crippen LogP contribution in [-0.4, -0.2) is 0 Å². The van der Waals surface area contributed by atoms with Crippen LogP contribution in [0.2, 0.25) is 0 Å². The summed E-state index contributed by atoms with van der Waals surface area (Å²) in [5.41, 5.74) is 20.5. The maximum absolute atomic E-state index is 2.62. The van der Waals surface area contributed by atoms with Gasteiger partial charge in [0.2, 0.25) is 0 Å². The highest BCUT2D eigenvalue weighted by Gasteiger charge is 2.35. The molecule has 16 aromatic carbocycles. The van der Waals surface area contributed by atoms with E-state index in [9.17, 15) is 0 Å². The number of benzene rings is 16. The molecule has 0 amide bonds. The highest BCUT2D eigenvalue weighted by atomic mass is 14.4. The summed E-state index contributed by atoms with van der Waals surface area (Å²) in [7, 11) is 0. The minimum atomic E-state index is -0.125. The molecule has 0 radical (unpaired) electrons. The van der Waals surface area contributed by atoms with Crippen LogP contribution in [0.15, 0.2) is 170 Å². The standard InChI is InChI=1S/C98H100/c1-91(2,3)59-39-55(40-60(49-59)92(4,5)6)77-69-33-27-31-67-68-32-28-34-70-78(56-41-61(93(7,8)9)50-62(42-56)94(10,11)12)72-36-38-74-84-80(58-45-65(97(19,20)21)52-66(46-58)98(22,23)24)76-48-54-30-26-25-29-53(54)47-75(76)79(57-43-63(95(13,14)15)51-64(44-57)96(16,17)18)83(84)73-37-35-71(77)87-85(73)86(74)88(72)90(82(68)70)89(87)81(67)69/h25-52H,1-24H3. The third kappa shape index (κ3) is 9.63. The van der Waals surface area contributed by atoms with Crippen LogP contribution in [0.5, 0.6) is 0 Å². The van der Waals surface area contributed by atoms with Crippen molar-refractivity contribution in [1.82, 2.24) is 0 Å². The summed E-state index contributed by atoms with van der Waals surface area (Å²) in [6, 6.07) is 70.0. The monoisotopic (exact) mass is 1280 g/mol. The molecule has 0 nitrogen and oxygen atoms in total. The lowest BCUT2D eigenvalue weighted by Crippen LogP contribution is -2.17. The highest BCUT2D eigenvalue weighted by molar-refractivity contribution is 6.56. The summed E-state index contributed by atoms with van der Waals surface area (Å²) in [5.74, 6) is 0. The topological polar surface area (TPSA) is 0 Å². The first-order valence-electron chi connectivity index (χ1n) is 36.5. The van der Waals surface area contributed by atoms with Gasteiger partial charge in [-0.15, -0.1) is 0 Å². The number of rotatable bonds is 4. The van der Waals surface area contributed by atoms with Crippen LogP contribution in [-0.2, 0) is 43.3 Å². The molecule has 0 unspecified atom stereocenters. The van der Waals surface area contributed by atoms with Gasteiger partial charge in [0.05, 0.1) is 0 Å². The van der Waals surface area contributed by atoms with Crippen LogP contribution in [0.1, 0.15) is 211 Å². The van der Waals surface area contributed by atoms with Gasteiger partial charge in [-0.25, -0.2) is 0 Å². The lowest BCUT2D eigenvalue weighted by atomic mass is 9.72. The summed E-state index contributed by atoms with van der Waals surface area (Å²) in [6.07, 6.45) is 0. The van der Waals surface area contributed by atoms with E-state index in [1.807, 2.05) is 0 Å². The minimum Gasteiger partial charge on any atom is -0.0616 e. The van der Waals surface area contributed by atoms with Crippen molar-refractivity contribution in [2.45, 2.75) is 209 Å². The van der Waals surface area contributed by atoms with E-state index in [-0.39, 0.29) is 43.3 Å². The van der Waals surface area contributed by atoms with Crippen LogP contribution < -0.4 is 0 Å². The van der Waals surface area contributed by atoms with Crippen molar-refractivity contribution in [2.24, 2.45) is 0 Å². The lowest BCUT2D eigenvalue weighted by Gasteiger charge is -2.31. The Morgan fingerprint density at radius 2 is 0.378 bits per heavy atom. The number of hydrogen-bond acceptors (Lipinski definition) is 0. The zero-order chi connectivity index (χ0) is 69.7. The fraction of sp³-hybridized carbons (Fsp3) is 0.327. The summed E-state index contributed by atoms with van der Waals surface area (Å²) >= 11 is 0. The Labute approximate surface area is 583 Å². The van der Waals surface area contributed by atoms with Gasteiger partial charge < -0.3 is 0 Å². The zero-order valence-corrected chi connectivity index (χ0v) is 63.2. The van der Waals surface area contributed by atoms with Crippen molar-refractivity contribution < 1.29 is 0 Å². The summed E-state index contributed by atoms with van der Waals surface area (Å²) in [5, 5.41) is 29.3. The van der Waals surface area contributed by atoms with E-state index >= 15 is 0 Å². The van der Waals surface area contributed by atoms with E-state index in [0.717, 1.165) is 0 Å². The summed E-state index contributed by atoms with van der Waals surface area (Å²) < 4.78 is 0. The molecular formula is C98H100. The van der Waals surface area contributed by atoms with Crippen molar-refractivity contribution in [3.8, 4) is 44.5 Å². The van der Waals surface area contributed by atoms with Crippen molar-refractivity contribution in [2.75, 3.05) is 0 Å². The molecule has 0 aliphatic heterocycles. The SMILES string of the molecule is CC(C)(C)c1cc(-c2c3cccc4c5cccc6c(-c7cc(C(C)(C)C)cc(C(C)(C)C)c7)c7ccc8c9c(-c%10cc(C(C)(C)C)cc(C(C)(C)C)c%10)c%10cc%11ccccc%11cc%10c(-c%10cc(C(C)(C)C)cc(C(C)(C)C)c%10)c9c9ccc2c2c9c8c7c(c65)c2c34)cc(C(C)(C)C)c1. The molecule has 0 saturated heterocycles. The maximum Gasteiger partial charge on any atom is -0.0000699 e. The predicted molar refractivity (Wildman–Crippen MR) is 435 cm³/mol. The molecule has 0 aliphatic carbocycles. The summed E-state index contributed by atoms with van der Waals surface area (Å²) in [4.78, 5) is 0. The van der Waals surface area contributed by atoms with E-state index in [4.69, 9.17) is 0 Å². The molecule has 0 N–H and O–H groups in total. The van der Waals surface area contributed by atoms with Gasteiger partial charge in [0.1, 0.15) is 0 Å². The first-order valence-corrected chi connectivity index (χ1v) is 36.5. The number of fused-ring (bicyclic) bond motifs is 6. The number of hydrogen-bond donors (Lipinski definition) is 0. The van der Waals surface area contributed by atoms with Crippen molar-refractivity contribution in [1.29, 1.82) is 0 Å². The molecule has 98 heavy (non-hydrogen) atoms. The molecule has 0 fully saturated rings. The predicted octanol–water partition coefficient (Wildman–Crippen LogP) is 29.2. The van der Waals surface area contributed by atoms with E-state index in [0.29, 0.717) is 0 Å². The van der Waals surface area contributed by atoms with Gasteiger partial charge in [-0.05, 0) is 263 Å². The Balaban J connectivity index is 1.26. The smallest absolute Gasteiger partial charge is 0.0000699 e. The van der Waals surface area contributed by atoms with E-state index < -0.39 is 0 Å². The summed E-state index contributed by atoms with van der Waals surface area (Å²) in [6.45, 7) is 57.5. The van der Waals surface area contributed by atoms with Crippen molar-refractivity contribution in [3.05, 3.63) is 214 Å². The molecule has 0 bridgehead atoms. The molecule has 0 spiro atoms. The fourth-order valence-corrected chi connectivity index (χ4v) is 17.1. The Morgan fingerprint density at radius 3 is 0.643 bits per heavy atom. The van der Waals surface area contributed by atoms with Gasteiger partial charge in [-0.2, -0.15) is 0 Å². The average Bonchev–Trinajstić information content (AvgIpc) is 0.653. The second kappa shape index (κ2) is 20.5. The first kappa shape index (κ1) is 64.1. The molecule has 0 aliphatic rings. The maximum atomic E-state index is 2.62. The van der Waals surface area contributed by atoms with Gasteiger partial charge in [-0.3, -0.25) is 0 Å². The Kier molecular flexibility index (Phi) is 13.4. The van der Waals surface area contributed by atoms with Crippen LogP contribution in [0.4, 0.5) is 0 Å². The largest absolute Gasteiger partial charge is 0.0616 e. The third-order valence-electron chi connectivity index (χ3n) is 22.9. The highest BCUT2D eigenvalue weighted by Crippen LogP contribution is 2.62. The molecule has 0 aromatic heterocycles. The molecule has 16 rings (SSSR count). The Morgan fingerprint density at radius 1 is 0.153 bits per heavy atom. The van der Waals surface area contributed by atoms with Crippen LogP contribution in [0.25, 0.3) is 163 Å². The van der Waals surface area contributed by atoms with Crippen LogP contribution in [0, 0.1) is 0 Å². The van der Waals surface area contributed by atoms with Crippen LogP contribution >= 0.6 is 0 Å². The van der Waals surface area contributed by atoms with E-state index in [2.05, 4.69) is 336 Å². The fourth-order valence-electron chi connectivity index (χ4n) is 17.1. The van der Waals surface area contributed by atoms with Crippen molar-refractivity contribution in [3.63, 3.8) is 0 Å². The van der Waals surface area contributed by atoms with Gasteiger partial charge in [0.15, 0.2) is 0 Å². The Hall–Kier alpha value is -8.58. The molecule has 0 saturated carbocycles. The van der Waals surface area contributed by atoms with Gasteiger partial charge in [0.25, 0.3) is 0 Å². The molecule has 492 valence electrons. The van der Waals surface area contributed by atoms with E-state index in [1.54, 1.807) is 0 Å². The molecular weight excluding hydrogens is 1180 g/mol. The molecule has 0 heterocycles. The molecule has 0 heteroatoms.